The molecule has 9 heteroatoms. The number of aryl methyl sites for hydroxylation is 1. The van der Waals surface area contributed by atoms with Crippen molar-refractivity contribution in [2.75, 3.05) is 39.6 Å². The fraction of sp³-hybridized carbons (Fsp3) is 0.409. The lowest BCUT2D eigenvalue weighted by Crippen LogP contribution is -2.50. The number of nitrogen functional groups attached to an aromatic ring is 1. The molecule has 0 spiro atoms. The molecule has 164 valence electrons. The molecular weight excluding hydrogens is 414 g/mol. The highest BCUT2D eigenvalue weighted by molar-refractivity contribution is 7.15. The molecule has 3 heterocycles. The van der Waals surface area contributed by atoms with E-state index in [0.717, 1.165) is 21.3 Å². The lowest BCUT2D eigenvalue weighted by atomic mass is 10.0. The molecule has 2 aromatic heterocycles. The Morgan fingerprint density at radius 2 is 2.16 bits per heavy atom. The van der Waals surface area contributed by atoms with Crippen molar-refractivity contribution >= 4 is 39.2 Å². The van der Waals surface area contributed by atoms with Gasteiger partial charge in [-0.15, -0.1) is 11.3 Å². The molecule has 31 heavy (non-hydrogen) atoms. The Bertz CT molecular complexity index is 1120. The van der Waals surface area contributed by atoms with E-state index in [9.17, 15) is 9.59 Å². The standard InChI is InChI=1S/C22H27N5O3S/c1-25(2)21(29)14-4-5-19-18(9-14)15(12-26(19)3)8-16-13-30-7-6-27(16)20(28)10-17-11-24-22(23)31-17/h4-5,9,11-12,16H,6-8,10,13H2,1-3H3,(H2,23,24)/t16-/m0/s1. The number of anilines is 1. The zero-order chi connectivity index (χ0) is 22.1. The van der Waals surface area contributed by atoms with Crippen LogP contribution in [0.4, 0.5) is 5.13 Å². The molecule has 1 aliphatic rings. The minimum absolute atomic E-state index is 0.0293. The van der Waals surface area contributed by atoms with Crippen molar-refractivity contribution in [3.63, 3.8) is 0 Å². The number of hydrogen-bond donors (Lipinski definition) is 1. The summed E-state index contributed by atoms with van der Waals surface area (Å²) in [6.07, 6.45) is 4.70. The maximum Gasteiger partial charge on any atom is 0.253 e. The van der Waals surface area contributed by atoms with E-state index in [1.54, 1.807) is 25.2 Å². The fourth-order valence-electron chi connectivity index (χ4n) is 4.09. The molecule has 0 bridgehead atoms. The van der Waals surface area contributed by atoms with Gasteiger partial charge in [-0.05, 0) is 30.2 Å². The highest BCUT2D eigenvalue weighted by atomic mass is 32.1. The fourth-order valence-corrected chi connectivity index (χ4v) is 4.76. The van der Waals surface area contributed by atoms with E-state index in [0.29, 0.717) is 43.3 Å². The highest BCUT2D eigenvalue weighted by Gasteiger charge is 2.29. The molecule has 1 aromatic carbocycles. The van der Waals surface area contributed by atoms with Crippen LogP contribution in [-0.2, 0) is 29.4 Å². The van der Waals surface area contributed by atoms with Crippen LogP contribution in [0.2, 0.25) is 0 Å². The van der Waals surface area contributed by atoms with Gasteiger partial charge in [-0.2, -0.15) is 0 Å². The summed E-state index contributed by atoms with van der Waals surface area (Å²) in [4.78, 5) is 33.9. The average Bonchev–Trinajstić information content (AvgIpc) is 3.30. The first-order valence-electron chi connectivity index (χ1n) is 10.2. The van der Waals surface area contributed by atoms with Crippen molar-refractivity contribution in [1.82, 2.24) is 19.4 Å². The Morgan fingerprint density at radius 3 is 2.87 bits per heavy atom. The summed E-state index contributed by atoms with van der Waals surface area (Å²) in [5.74, 6) is 0.0269. The van der Waals surface area contributed by atoms with Crippen molar-refractivity contribution in [3.8, 4) is 0 Å². The van der Waals surface area contributed by atoms with Crippen molar-refractivity contribution in [1.29, 1.82) is 0 Å². The van der Waals surface area contributed by atoms with Gasteiger partial charge in [-0.25, -0.2) is 4.98 Å². The molecular formula is C22H27N5O3S. The van der Waals surface area contributed by atoms with Crippen molar-refractivity contribution < 1.29 is 14.3 Å². The van der Waals surface area contributed by atoms with Gasteiger partial charge >= 0.3 is 0 Å². The third-order valence-electron chi connectivity index (χ3n) is 5.63. The van der Waals surface area contributed by atoms with Gasteiger partial charge < -0.3 is 24.8 Å². The smallest absolute Gasteiger partial charge is 0.253 e. The highest BCUT2D eigenvalue weighted by Crippen LogP contribution is 2.26. The van der Waals surface area contributed by atoms with Crippen molar-refractivity contribution in [2.24, 2.45) is 7.05 Å². The predicted octanol–water partition coefficient (Wildman–Crippen LogP) is 1.93. The molecule has 3 aromatic rings. The Morgan fingerprint density at radius 1 is 1.35 bits per heavy atom. The first-order valence-corrected chi connectivity index (χ1v) is 11.0. The number of benzene rings is 1. The number of thiazole rings is 1. The number of amides is 2. The second-order valence-corrected chi connectivity index (χ2v) is 9.21. The SMILES string of the molecule is CN(C)C(=O)c1ccc2c(c1)c(C[C@H]1COCCN1C(=O)Cc1cnc(N)s1)cn2C. The molecule has 1 aliphatic heterocycles. The van der Waals surface area contributed by atoms with Crippen LogP contribution in [0, 0.1) is 0 Å². The Hall–Kier alpha value is -2.91. The van der Waals surface area contributed by atoms with Crippen LogP contribution in [0.15, 0.2) is 30.6 Å². The maximum absolute atomic E-state index is 13.0. The second kappa shape index (κ2) is 8.68. The average molecular weight is 442 g/mol. The molecule has 0 unspecified atom stereocenters. The molecule has 2 amide bonds. The number of carbonyl (C=O) groups excluding carboxylic acids is 2. The quantitative estimate of drug-likeness (QED) is 0.653. The van der Waals surface area contributed by atoms with Crippen LogP contribution in [0.1, 0.15) is 20.8 Å². The summed E-state index contributed by atoms with van der Waals surface area (Å²) in [7, 11) is 5.49. The predicted molar refractivity (Wildman–Crippen MR) is 121 cm³/mol. The van der Waals surface area contributed by atoms with E-state index in [1.165, 1.54) is 11.3 Å². The molecule has 1 saturated heterocycles. The monoisotopic (exact) mass is 441 g/mol. The molecule has 1 atom stereocenters. The Balaban J connectivity index is 1.59. The number of aromatic nitrogens is 2. The van der Waals surface area contributed by atoms with Gasteiger partial charge in [-0.1, -0.05) is 0 Å². The topological polar surface area (TPSA) is 93.7 Å². The summed E-state index contributed by atoms with van der Waals surface area (Å²) in [6, 6.07) is 5.72. The molecule has 0 saturated carbocycles. The van der Waals surface area contributed by atoms with Gasteiger partial charge in [0, 0.05) is 61.4 Å². The van der Waals surface area contributed by atoms with Crippen molar-refractivity contribution in [3.05, 3.63) is 46.6 Å². The number of morpholine rings is 1. The first-order chi connectivity index (χ1) is 14.8. The largest absolute Gasteiger partial charge is 0.377 e. The van der Waals surface area contributed by atoms with E-state index < -0.39 is 0 Å². The molecule has 0 radical (unpaired) electrons. The number of nitrogens with two attached hydrogens (primary N) is 1. The first kappa shape index (κ1) is 21.3. The Kier molecular flexibility index (Phi) is 5.97. The van der Waals surface area contributed by atoms with Gasteiger partial charge in [-0.3, -0.25) is 9.59 Å². The van der Waals surface area contributed by atoms with Gasteiger partial charge in [0.25, 0.3) is 5.91 Å². The van der Waals surface area contributed by atoms with Crippen LogP contribution < -0.4 is 5.73 Å². The van der Waals surface area contributed by atoms with E-state index in [2.05, 4.69) is 15.7 Å². The molecule has 8 nitrogen and oxygen atoms in total. The zero-order valence-corrected chi connectivity index (χ0v) is 18.8. The van der Waals surface area contributed by atoms with E-state index in [-0.39, 0.29) is 17.9 Å². The number of nitrogens with zero attached hydrogens (tertiary/aromatic N) is 4. The normalized spacial score (nSPS) is 16.6. The van der Waals surface area contributed by atoms with E-state index in [4.69, 9.17) is 10.5 Å². The van der Waals surface area contributed by atoms with Crippen LogP contribution >= 0.6 is 11.3 Å². The zero-order valence-electron chi connectivity index (χ0n) is 18.0. The minimum Gasteiger partial charge on any atom is -0.377 e. The number of carbonyl (C=O) groups is 2. The van der Waals surface area contributed by atoms with Crippen LogP contribution in [0.3, 0.4) is 0 Å². The molecule has 2 N–H and O–H groups in total. The number of fused-ring (bicyclic) bond motifs is 1. The Labute approximate surface area is 185 Å². The van der Waals surface area contributed by atoms with Crippen LogP contribution in [0.25, 0.3) is 10.9 Å². The number of hydrogen-bond acceptors (Lipinski definition) is 6. The van der Waals surface area contributed by atoms with Gasteiger partial charge in [0.05, 0.1) is 25.7 Å². The number of rotatable bonds is 5. The lowest BCUT2D eigenvalue weighted by molar-refractivity contribution is -0.139. The van der Waals surface area contributed by atoms with Crippen LogP contribution in [0.5, 0.6) is 0 Å². The summed E-state index contributed by atoms with van der Waals surface area (Å²) in [5, 5.41) is 1.50. The molecule has 0 aliphatic carbocycles. The lowest BCUT2D eigenvalue weighted by Gasteiger charge is -2.35. The van der Waals surface area contributed by atoms with E-state index in [1.807, 2.05) is 30.1 Å². The van der Waals surface area contributed by atoms with Crippen molar-refractivity contribution in [2.45, 2.75) is 18.9 Å². The van der Waals surface area contributed by atoms with Crippen LogP contribution in [-0.4, -0.2) is 71.1 Å². The summed E-state index contributed by atoms with van der Waals surface area (Å²) in [6.45, 7) is 1.58. The molecule has 4 rings (SSSR count). The summed E-state index contributed by atoms with van der Waals surface area (Å²) >= 11 is 1.35. The summed E-state index contributed by atoms with van der Waals surface area (Å²) in [5.41, 5.74) is 8.51. The summed E-state index contributed by atoms with van der Waals surface area (Å²) < 4.78 is 7.77. The van der Waals surface area contributed by atoms with E-state index >= 15 is 0 Å². The van der Waals surface area contributed by atoms with Gasteiger partial charge in [0.15, 0.2) is 5.13 Å². The molecule has 1 fully saturated rings. The third kappa shape index (κ3) is 4.42. The minimum atomic E-state index is -0.0645. The maximum atomic E-state index is 13.0. The second-order valence-electron chi connectivity index (χ2n) is 8.06. The third-order valence-corrected chi connectivity index (χ3v) is 6.45. The van der Waals surface area contributed by atoms with Gasteiger partial charge in [0.2, 0.25) is 5.91 Å². The number of ether oxygens (including phenoxy) is 1. The van der Waals surface area contributed by atoms with Gasteiger partial charge in [0.1, 0.15) is 0 Å².